The summed E-state index contributed by atoms with van der Waals surface area (Å²) < 4.78 is 4.94. The highest BCUT2D eigenvalue weighted by Gasteiger charge is 2.15. The van der Waals surface area contributed by atoms with Crippen LogP contribution in [0, 0.1) is 0 Å². The number of carbonyl (C=O) groups excluding carboxylic acids is 2. The fourth-order valence-corrected chi connectivity index (χ4v) is 2.58. The molecule has 1 aromatic carbocycles. The number of rotatable bonds is 7. The molecule has 25 heavy (non-hydrogen) atoms. The van der Waals surface area contributed by atoms with Crippen LogP contribution in [-0.2, 0) is 11.2 Å². The first-order valence-corrected chi connectivity index (χ1v) is 9.29. The monoisotopic (exact) mass is 359 g/mol. The zero-order chi connectivity index (χ0) is 18.2. The molecule has 1 amide bonds. The number of aromatic nitrogens is 2. The molecule has 0 aliphatic heterocycles. The number of nitrogens with one attached hydrogen (secondary N) is 1. The molecular formula is C18H21N3O3S. The van der Waals surface area contributed by atoms with Crippen LogP contribution in [0.1, 0.15) is 46.7 Å². The Hall–Kier alpha value is -2.41. The Morgan fingerprint density at radius 2 is 1.92 bits per heavy atom. The molecule has 2 rings (SSSR count). The van der Waals surface area contributed by atoms with Crippen molar-refractivity contribution in [3.8, 4) is 0 Å². The van der Waals surface area contributed by atoms with Gasteiger partial charge in [-0.25, -0.2) is 14.8 Å². The highest BCUT2D eigenvalue weighted by molar-refractivity contribution is 7.98. The molecule has 0 aliphatic rings. The van der Waals surface area contributed by atoms with Crippen LogP contribution in [0.2, 0.25) is 0 Å². The molecule has 0 fully saturated rings. The van der Waals surface area contributed by atoms with Crippen molar-refractivity contribution >= 4 is 29.3 Å². The van der Waals surface area contributed by atoms with Gasteiger partial charge in [0.15, 0.2) is 5.16 Å². The van der Waals surface area contributed by atoms with Crippen LogP contribution in [0.3, 0.4) is 0 Å². The molecule has 132 valence electrons. The summed E-state index contributed by atoms with van der Waals surface area (Å²) in [5.41, 5.74) is 2.24. The van der Waals surface area contributed by atoms with Crippen molar-refractivity contribution < 1.29 is 14.3 Å². The second-order valence-electron chi connectivity index (χ2n) is 5.22. The van der Waals surface area contributed by atoms with Crippen LogP contribution in [0.5, 0.6) is 0 Å². The summed E-state index contributed by atoms with van der Waals surface area (Å²) in [6.45, 7) is 4.12. The number of anilines is 1. The van der Waals surface area contributed by atoms with Crippen LogP contribution in [0.25, 0.3) is 0 Å². The molecule has 1 aromatic heterocycles. The molecule has 0 saturated carbocycles. The second-order valence-corrected chi connectivity index (χ2v) is 5.99. The van der Waals surface area contributed by atoms with Crippen molar-refractivity contribution in [2.45, 2.75) is 31.8 Å². The Morgan fingerprint density at radius 1 is 1.20 bits per heavy atom. The number of thioether (sulfide) groups is 1. The SMILES string of the molecule is CCCc1nc(SC)ncc1C(=O)Nc1ccc(C(=O)OCC)cc1. The quantitative estimate of drug-likeness (QED) is 0.462. The zero-order valence-electron chi connectivity index (χ0n) is 14.5. The standard InChI is InChI=1S/C18H21N3O3S/c1-4-6-15-14(11-19-18(21-15)25-3)16(22)20-13-9-7-12(8-10-13)17(23)24-5-2/h7-11H,4-6H2,1-3H3,(H,20,22). The summed E-state index contributed by atoms with van der Waals surface area (Å²) in [4.78, 5) is 32.8. The lowest BCUT2D eigenvalue weighted by atomic mass is 10.1. The normalized spacial score (nSPS) is 10.4. The second kappa shape index (κ2) is 9.17. The predicted octanol–water partition coefficient (Wildman–Crippen LogP) is 3.58. The number of hydrogen-bond acceptors (Lipinski definition) is 6. The van der Waals surface area contributed by atoms with Crippen molar-refractivity contribution in [1.82, 2.24) is 9.97 Å². The lowest BCUT2D eigenvalue weighted by Gasteiger charge is -2.10. The van der Waals surface area contributed by atoms with Gasteiger partial charge in [-0.15, -0.1) is 0 Å². The van der Waals surface area contributed by atoms with Crippen LogP contribution in [0.15, 0.2) is 35.6 Å². The lowest BCUT2D eigenvalue weighted by Crippen LogP contribution is -2.16. The molecule has 0 atom stereocenters. The Kier molecular flexibility index (Phi) is 6.94. The minimum Gasteiger partial charge on any atom is -0.462 e. The number of hydrogen-bond donors (Lipinski definition) is 1. The van der Waals surface area contributed by atoms with Gasteiger partial charge >= 0.3 is 5.97 Å². The van der Waals surface area contributed by atoms with Gasteiger partial charge in [0.1, 0.15) is 0 Å². The fraction of sp³-hybridized carbons (Fsp3) is 0.333. The van der Waals surface area contributed by atoms with E-state index in [0.717, 1.165) is 12.1 Å². The van der Waals surface area contributed by atoms with Gasteiger partial charge < -0.3 is 10.1 Å². The van der Waals surface area contributed by atoms with Gasteiger partial charge in [-0.3, -0.25) is 4.79 Å². The van der Waals surface area contributed by atoms with E-state index in [-0.39, 0.29) is 11.9 Å². The molecule has 0 unspecified atom stereocenters. The Bertz CT molecular complexity index is 748. The average Bonchev–Trinajstić information content (AvgIpc) is 2.62. The Balaban J connectivity index is 2.15. The van der Waals surface area contributed by atoms with Crippen molar-refractivity contribution in [3.05, 3.63) is 47.3 Å². The number of amides is 1. The topological polar surface area (TPSA) is 81.2 Å². The van der Waals surface area contributed by atoms with Gasteiger partial charge in [0.25, 0.3) is 5.91 Å². The molecular weight excluding hydrogens is 338 g/mol. The Morgan fingerprint density at radius 3 is 2.52 bits per heavy atom. The number of nitrogens with zero attached hydrogens (tertiary/aromatic N) is 2. The predicted molar refractivity (Wildman–Crippen MR) is 98.2 cm³/mol. The first-order valence-electron chi connectivity index (χ1n) is 8.07. The molecule has 6 nitrogen and oxygen atoms in total. The van der Waals surface area contributed by atoms with Crippen molar-refractivity contribution in [2.24, 2.45) is 0 Å². The number of aryl methyl sites for hydroxylation is 1. The summed E-state index contributed by atoms with van der Waals surface area (Å²) in [5, 5.41) is 3.47. The van der Waals surface area contributed by atoms with E-state index in [1.54, 1.807) is 37.4 Å². The van der Waals surface area contributed by atoms with Crippen molar-refractivity contribution in [2.75, 3.05) is 18.2 Å². The van der Waals surface area contributed by atoms with Gasteiger partial charge in [-0.2, -0.15) is 0 Å². The number of esters is 1. The molecule has 0 bridgehead atoms. The summed E-state index contributed by atoms with van der Waals surface area (Å²) in [6.07, 6.45) is 5.06. The van der Waals surface area contributed by atoms with Crippen molar-refractivity contribution in [1.29, 1.82) is 0 Å². The Labute approximate surface area is 151 Å². The molecule has 0 spiro atoms. The maximum absolute atomic E-state index is 12.5. The molecule has 7 heteroatoms. The first-order chi connectivity index (χ1) is 12.1. The molecule has 0 aliphatic carbocycles. The minimum absolute atomic E-state index is 0.264. The van der Waals surface area contributed by atoms with Crippen molar-refractivity contribution in [3.63, 3.8) is 0 Å². The summed E-state index contributed by atoms with van der Waals surface area (Å²) in [6, 6.07) is 6.57. The van der Waals surface area contributed by atoms with E-state index in [9.17, 15) is 9.59 Å². The number of ether oxygens (including phenoxy) is 1. The van der Waals surface area contributed by atoms with E-state index >= 15 is 0 Å². The first kappa shape index (κ1) is 18.9. The van der Waals surface area contributed by atoms with Gasteiger partial charge in [0.05, 0.1) is 23.4 Å². The van der Waals surface area contributed by atoms with E-state index in [2.05, 4.69) is 15.3 Å². The fourth-order valence-electron chi connectivity index (χ4n) is 2.22. The maximum atomic E-state index is 12.5. The maximum Gasteiger partial charge on any atom is 0.338 e. The van der Waals surface area contributed by atoms with E-state index in [1.165, 1.54) is 11.8 Å². The van der Waals surface area contributed by atoms with Crippen LogP contribution in [-0.4, -0.2) is 34.7 Å². The third kappa shape index (κ3) is 5.03. The van der Waals surface area contributed by atoms with Crippen LogP contribution < -0.4 is 5.32 Å². The molecule has 2 aromatic rings. The van der Waals surface area contributed by atoms with Crippen LogP contribution in [0.4, 0.5) is 5.69 Å². The summed E-state index contributed by atoms with van der Waals surface area (Å²) in [7, 11) is 0. The molecule has 1 N–H and O–H groups in total. The van der Waals surface area contributed by atoms with Gasteiger partial charge in [-0.1, -0.05) is 25.1 Å². The van der Waals surface area contributed by atoms with E-state index in [4.69, 9.17) is 4.74 Å². The number of benzene rings is 1. The zero-order valence-corrected chi connectivity index (χ0v) is 15.4. The summed E-state index contributed by atoms with van der Waals surface area (Å²) in [5.74, 6) is -0.647. The van der Waals surface area contributed by atoms with E-state index in [0.29, 0.717) is 35.0 Å². The highest BCUT2D eigenvalue weighted by atomic mass is 32.2. The van der Waals surface area contributed by atoms with Gasteiger partial charge in [0.2, 0.25) is 0 Å². The van der Waals surface area contributed by atoms with E-state index in [1.807, 2.05) is 13.2 Å². The molecule has 1 heterocycles. The largest absolute Gasteiger partial charge is 0.462 e. The van der Waals surface area contributed by atoms with Crippen LogP contribution >= 0.6 is 11.8 Å². The smallest absolute Gasteiger partial charge is 0.338 e. The third-order valence-electron chi connectivity index (χ3n) is 3.41. The number of carbonyl (C=O) groups is 2. The third-order valence-corrected chi connectivity index (χ3v) is 3.98. The average molecular weight is 359 g/mol. The van der Waals surface area contributed by atoms with E-state index < -0.39 is 0 Å². The highest BCUT2D eigenvalue weighted by Crippen LogP contribution is 2.17. The molecule has 0 saturated heterocycles. The van der Waals surface area contributed by atoms with Gasteiger partial charge in [-0.05, 0) is 43.9 Å². The minimum atomic E-state index is -0.383. The van der Waals surface area contributed by atoms with Gasteiger partial charge in [0, 0.05) is 11.9 Å². The lowest BCUT2D eigenvalue weighted by molar-refractivity contribution is 0.0526. The molecule has 0 radical (unpaired) electrons. The summed E-state index contributed by atoms with van der Waals surface area (Å²) >= 11 is 1.44.